The molecule has 6 heteroatoms. The van der Waals surface area contributed by atoms with Gasteiger partial charge in [-0.1, -0.05) is 29.8 Å². The fourth-order valence-corrected chi connectivity index (χ4v) is 2.13. The van der Waals surface area contributed by atoms with E-state index in [0.29, 0.717) is 23.7 Å². The number of nitrogens with one attached hydrogen (secondary N) is 1. The highest BCUT2D eigenvalue weighted by Crippen LogP contribution is 2.18. The summed E-state index contributed by atoms with van der Waals surface area (Å²) in [5, 5.41) is 2.78. The SMILES string of the molecule is CC(C)CNC(=O)CN(C)C(=O)c1cc(N)cc(Br)c1. The molecule has 1 rings (SSSR count). The number of nitrogen functional groups attached to an aromatic ring is 1. The second-order valence-electron chi connectivity index (χ2n) is 5.13. The lowest BCUT2D eigenvalue weighted by molar-refractivity contribution is -0.121. The Hall–Kier alpha value is -1.56. The molecule has 20 heavy (non-hydrogen) atoms. The second kappa shape index (κ2) is 7.28. The number of carbonyl (C=O) groups excluding carboxylic acids is 2. The number of benzene rings is 1. The Morgan fingerprint density at radius 3 is 2.55 bits per heavy atom. The van der Waals surface area contributed by atoms with Gasteiger partial charge in [0.25, 0.3) is 5.91 Å². The summed E-state index contributed by atoms with van der Waals surface area (Å²) >= 11 is 3.29. The van der Waals surface area contributed by atoms with Crippen molar-refractivity contribution >= 4 is 33.4 Å². The van der Waals surface area contributed by atoms with E-state index in [1.54, 1.807) is 25.2 Å². The molecule has 0 heterocycles. The van der Waals surface area contributed by atoms with E-state index >= 15 is 0 Å². The minimum atomic E-state index is -0.238. The Labute approximate surface area is 127 Å². The van der Waals surface area contributed by atoms with Crippen LogP contribution in [-0.4, -0.2) is 36.9 Å². The Kier molecular flexibility index (Phi) is 6.01. The van der Waals surface area contributed by atoms with E-state index in [9.17, 15) is 9.59 Å². The van der Waals surface area contributed by atoms with Crippen LogP contribution >= 0.6 is 15.9 Å². The average molecular weight is 342 g/mol. The van der Waals surface area contributed by atoms with Crippen molar-refractivity contribution in [3.05, 3.63) is 28.2 Å². The molecule has 0 saturated carbocycles. The molecule has 0 saturated heterocycles. The highest BCUT2D eigenvalue weighted by molar-refractivity contribution is 9.10. The zero-order chi connectivity index (χ0) is 15.3. The minimum Gasteiger partial charge on any atom is -0.399 e. The minimum absolute atomic E-state index is 0.0258. The molecule has 2 amide bonds. The molecule has 0 aromatic heterocycles. The van der Waals surface area contributed by atoms with E-state index in [-0.39, 0.29) is 18.4 Å². The summed E-state index contributed by atoms with van der Waals surface area (Å²) in [5.74, 6) is -0.0277. The molecule has 0 aliphatic heterocycles. The van der Waals surface area contributed by atoms with Gasteiger partial charge in [0.15, 0.2) is 0 Å². The van der Waals surface area contributed by atoms with Crippen molar-refractivity contribution < 1.29 is 9.59 Å². The van der Waals surface area contributed by atoms with E-state index in [2.05, 4.69) is 21.2 Å². The monoisotopic (exact) mass is 341 g/mol. The number of amides is 2. The van der Waals surface area contributed by atoms with E-state index in [0.717, 1.165) is 4.47 Å². The first-order valence-corrected chi connectivity index (χ1v) is 7.17. The molecule has 0 aliphatic carbocycles. The van der Waals surface area contributed by atoms with Gasteiger partial charge in [-0.25, -0.2) is 0 Å². The smallest absolute Gasteiger partial charge is 0.254 e. The number of carbonyl (C=O) groups is 2. The van der Waals surface area contributed by atoms with Crippen molar-refractivity contribution in [2.24, 2.45) is 5.92 Å². The average Bonchev–Trinajstić information content (AvgIpc) is 2.34. The number of hydrogen-bond acceptors (Lipinski definition) is 3. The molecule has 0 bridgehead atoms. The molecular weight excluding hydrogens is 322 g/mol. The molecule has 110 valence electrons. The van der Waals surface area contributed by atoms with Gasteiger partial charge in [0.05, 0.1) is 6.54 Å². The van der Waals surface area contributed by atoms with E-state index in [1.165, 1.54) is 4.90 Å². The summed E-state index contributed by atoms with van der Waals surface area (Å²) in [5.41, 5.74) is 6.65. The van der Waals surface area contributed by atoms with Crippen molar-refractivity contribution in [3.8, 4) is 0 Å². The largest absolute Gasteiger partial charge is 0.399 e. The molecule has 5 nitrogen and oxygen atoms in total. The molecule has 0 unspecified atom stereocenters. The van der Waals surface area contributed by atoms with Crippen molar-refractivity contribution in [1.82, 2.24) is 10.2 Å². The zero-order valence-corrected chi connectivity index (χ0v) is 13.5. The summed E-state index contributed by atoms with van der Waals surface area (Å²) in [6, 6.07) is 4.99. The van der Waals surface area contributed by atoms with Gasteiger partial charge >= 0.3 is 0 Å². The maximum Gasteiger partial charge on any atom is 0.254 e. The van der Waals surface area contributed by atoms with Crippen LogP contribution in [0.25, 0.3) is 0 Å². The summed E-state index contributed by atoms with van der Waals surface area (Å²) in [4.78, 5) is 25.3. The highest BCUT2D eigenvalue weighted by Gasteiger charge is 2.15. The summed E-state index contributed by atoms with van der Waals surface area (Å²) in [6.07, 6.45) is 0. The third-order valence-electron chi connectivity index (χ3n) is 2.60. The molecule has 0 fully saturated rings. The quantitative estimate of drug-likeness (QED) is 0.803. The van der Waals surface area contributed by atoms with Crippen molar-refractivity contribution in [2.75, 3.05) is 25.9 Å². The van der Waals surface area contributed by atoms with Crippen LogP contribution in [0.3, 0.4) is 0 Å². The fourth-order valence-electron chi connectivity index (χ4n) is 1.62. The number of hydrogen-bond donors (Lipinski definition) is 2. The molecule has 0 radical (unpaired) electrons. The first-order valence-electron chi connectivity index (χ1n) is 6.38. The zero-order valence-electron chi connectivity index (χ0n) is 11.9. The molecule has 0 aliphatic rings. The number of halogens is 1. The van der Waals surface area contributed by atoms with Crippen molar-refractivity contribution in [1.29, 1.82) is 0 Å². The number of likely N-dealkylation sites (N-methyl/N-ethyl adjacent to an activating group) is 1. The van der Waals surface area contributed by atoms with Gasteiger partial charge in [-0.2, -0.15) is 0 Å². The first-order chi connectivity index (χ1) is 9.29. The molecule has 3 N–H and O–H groups in total. The van der Waals surface area contributed by atoms with Crippen LogP contribution in [0.1, 0.15) is 24.2 Å². The maximum atomic E-state index is 12.2. The van der Waals surface area contributed by atoms with Crippen molar-refractivity contribution in [3.63, 3.8) is 0 Å². The topological polar surface area (TPSA) is 75.4 Å². The number of nitrogens with zero attached hydrogens (tertiary/aromatic N) is 1. The van der Waals surface area contributed by atoms with E-state index < -0.39 is 0 Å². The first kappa shape index (κ1) is 16.5. The number of rotatable bonds is 5. The van der Waals surface area contributed by atoms with E-state index in [1.807, 2.05) is 13.8 Å². The molecule has 0 spiro atoms. The van der Waals surface area contributed by atoms with Gasteiger partial charge in [0, 0.05) is 29.3 Å². The molecule has 1 aromatic carbocycles. The van der Waals surface area contributed by atoms with Gasteiger partial charge in [-0.3, -0.25) is 9.59 Å². The lowest BCUT2D eigenvalue weighted by atomic mass is 10.2. The Bertz CT molecular complexity index is 483. The second-order valence-corrected chi connectivity index (χ2v) is 6.05. The van der Waals surface area contributed by atoms with Crippen LogP contribution in [0.5, 0.6) is 0 Å². The molecule has 1 aromatic rings. The van der Waals surface area contributed by atoms with Crippen molar-refractivity contribution in [2.45, 2.75) is 13.8 Å². The Morgan fingerprint density at radius 1 is 1.35 bits per heavy atom. The lowest BCUT2D eigenvalue weighted by Gasteiger charge is -2.17. The Balaban J connectivity index is 2.64. The van der Waals surface area contributed by atoms with Gasteiger partial charge in [-0.15, -0.1) is 0 Å². The van der Waals surface area contributed by atoms with Crippen LogP contribution in [0.15, 0.2) is 22.7 Å². The van der Waals surface area contributed by atoms with Crippen LogP contribution in [-0.2, 0) is 4.79 Å². The lowest BCUT2D eigenvalue weighted by Crippen LogP contribution is -2.39. The maximum absolute atomic E-state index is 12.2. The van der Waals surface area contributed by atoms with Gasteiger partial charge in [0.1, 0.15) is 0 Å². The third-order valence-corrected chi connectivity index (χ3v) is 3.06. The van der Waals surface area contributed by atoms with Crippen LogP contribution < -0.4 is 11.1 Å². The molecule has 0 atom stereocenters. The van der Waals surface area contributed by atoms with Gasteiger partial charge in [-0.05, 0) is 24.1 Å². The number of nitrogens with two attached hydrogens (primary N) is 1. The third kappa shape index (κ3) is 5.21. The predicted octanol–water partition coefficient (Wildman–Crippen LogP) is 1.88. The summed E-state index contributed by atoms with van der Waals surface area (Å²) in [7, 11) is 1.59. The standard InChI is InChI=1S/C14H20BrN3O2/c1-9(2)7-17-13(19)8-18(3)14(20)10-4-11(15)6-12(16)5-10/h4-6,9H,7-8,16H2,1-3H3,(H,17,19). The Morgan fingerprint density at radius 2 is 2.00 bits per heavy atom. The van der Waals surface area contributed by atoms with Gasteiger partial charge < -0.3 is 16.0 Å². The highest BCUT2D eigenvalue weighted by atomic mass is 79.9. The van der Waals surface area contributed by atoms with Crippen LogP contribution in [0, 0.1) is 5.92 Å². The van der Waals surface area contributed by atoms with E-state index in [4.69, 9.17) is 5.73 Å². The van der Waals surface area contributed by atoms with Crippen LogP contribution in [0.4, 0.5) is 5.69 Å². The summed E-state index contributed by atoms with van der Waals surface area (Å²) < 4.78 is 0.735. The van der Waals surface area contributed by atoms with Crippen LogP contribution in [0.2, 0.25) is 0 Å². The molecular formula is C14H20BrN3O2. The summed E-state index contributed by atoms with van der Waals surface area (Å²) in [6.45, 7) is 4.65. The predicted molar refractivity (Wildman–Crippen MR) is 83.4 cm³/mol. The number of anilines is 1. The van der Waals surface area contributed by atoms with Gasteiger partial charge in [0.2, 0.25) is 5.91 Å². The normalized spacial score (nSPS) is 10.4. The fraction of sp³-hybridized carbons (Fsp3) is 0.429.